The number of hydrogen-bond acceptors (Lipinski definition) is 4. The average molecular weight is 309 g/mol. The third-order valence-corrected chi connectivity index (χ3v) is 3.77. The molecular weight excluding hydrogens is 288 g/mol. The average Bonchev–Trinajstić information content (AvgIpc) is 2.95. The zero-order valence-electron chi connectivity index (χ0n) is 12.4. The van der Waals surface area contributed by atoms with Gasteiger partial charge in [0.1, 0.15) is 18.7 Å². The molecule has 0 saturated heterocycles. The quantitative estimate of drug-likeness (QED) is 0.854. The summed E-state index contributed by atoms with van der Waals surface area (Å²) >= 11 is 6.28. The van der Waals surface area contributed by atoms with Gasteiger partial charge in [0, 0.05) is 23.2 Å². The molecule has 5 nitrogen and oxygen atoms in total. The summed E-state index contributed by atoms with van der Waals surface area (Å²) in [5.41, 5.74) is 6.99. The van der Waals surface area contributed by atoms with E-state index >= 15 is 0 Å². The van der Waals surface area contributed by atoms with Gasteiger partial charge in [0.25, 0.3) is 0 Å². The zero-order chi connectivity index (χ0) is 15.2. The maximum Gasteiger partial charge on any atom is 0.164 e. The van der Waals surface area contributed by atoms with Crippen molar-refractivity contribution in [2.24, 2.45) is 5.73 Å². The molecule has 0 amide bonds. The molecule has 0 bridgehead atoms. The molecule has 0 aliphatic heterocycles. The van der Waals surface area contributed by atoms with Crippen LogP contribution >= 0.6 is 11.6 Å². The second kappa shape index (κ2) is 7.43. The molecule has 0 spiro atoms. The van der Waals surface area contributed by atoms with Crippen molar-refractivity contribution in [1.82, 2.24) is 14.8 Å². The highest BCUT2D eigenvalue weighted by molar-refractivity contribution is 6.31. The number of benzene rings is 1. The van der Waals surface area contributed by atoms with Crippen LogP contribution in [0.15, 0.2) is 24.5 Å². The van der Waals surface area contributed by atoms with E-state index in [2.05, 4.69) is 17.0 Å². The number of rotatable bonds is 7. The van der Waals surface area contributed by atoms with Gasteiger partial charge < -0.3 is 10.5 Å². The molecule has 0 saturated carbocycles. The third-order valence-electron chi connectivity index (χ3n) is 3.42. The Hall–Kier alpha value is -1.59. The lowest BCUT2D eigenvalue weighted by Crippen LogP contribution is -2.22. The Bertz CT molecular complexity index is 585. The molecule has 1 heterocycles. The van der Waals surface area contributed by atoms with Crippen molar-refractivity contribution in [3.63, 3.8) is 0 Å². The number of aryl methyl sites for hydroxylation is 1. The second-order valence-electron chi connectivity index (χ2n) is 4.87. The Morgan fingerprint density at radius 3 is 2.90 bits per heavy atom. The fourth-order valence-corrected chi connectivity index (χ4v) is 2.33. The van der Waals surface area contributed by atoms with Gasteiger partial charge in [0.15, 0.2) is 5.82 Å². The van der Waals surface area contributed by atoms with Crippen molar-refractivity contribution in [1.29, 1.82) is 0 Å². The number of halogens is 1. The largest absolute Gasteiger partial charge is 0.485 e. The molecule has 21 heavy (non-hydrogen) atoms. The summed E-state index contributed by atoms with van der Waals surface area (Å²) in [6, 6.07) is 5.73. The van der Waals surface area contributed by atoms with Crippen LogP contribution in [0.1, 0.15) is 31.7 Å². The maximum atomic E-state index is 6.28. The summed E-state index contributed by atoms with van der Waals surface area (Å²) in [6.07, 6.45) is 3.13. The van der Waals surface area contributed by atoms with Crippen molar-refractivity contribution in [2.45, 2.75) is 45.9 Å². The van der Waals surface area contributed by atoms with E-state index < -0.39 is 0 Å². The maximum absolute atomic E-state index is 6.28. The lowest BCUT2D eigenvalue weighted by atomic mass is 10.0. The van der Waals surface area contributed by atoms with Gasteiger partial charge in [0.2, 0.25) is 0 Å². The van der Waals surface area contributed by atoms with Gasteiger partial charge in [-0.05, 0) is 31.9 Å². The normalized spacial score (nSPS) is 12.4. The fraction of sp³-hybridized carbons (Fsp3) is 0.467. The predicted octanol–water partition coefficient (Wildman–Crippen LogP) is 2.81. The third kappa shape index (κ3) is 3.95. The molecular formula is C15H21ClN4O. The number of hydrogen-bond donors (Lipinski definition) is 1. The van der Waals surface area contributed by atoms with Crippen molar-refractivity contribution >= 4 is 11.6 Å². The summed E-state index contributed by atoms with van der Waals surface area (Å²) < 4.78 is 7.69. The molecule has 2 rings (SSSR count). The van der Waals surface area contributed by atoms with E-state index in [-0.39, 0.29) is 6.04 Å². The summed E-state index contributed by atoms with van der Waals surface area (Å²) in [4.78, 5) is 4.20. The molecule has 2 aromatic rings. The van der Waals surface area contributed by atoms with E-state index in [0.717, 1.165) is 30.1 Å². The Labute approximate surface area is 130 Å². The number of nitrogens with zero attached hydrogens (tertiary/aromatic N) is 3. The zero-order valence-corrected chi connectivity index (χ0v) is 13.2. The van der Waals surface area contributed by atoms with Crippen molar-refractivity contribution in [3.8, 4) is 5.75 Å². The van der Waals surface area contributed by atoms with Crippen LogP contribution < -0.4 is 10.5 Å². The molecule has 1 unspecified atom stereocenters. The highest BCUT2D eigenvalue weighted by Crippen LogP contribution is 2.28. The minimum atomic E-state index is 0.0755. The molecule has 0 aliphatic rings. The molecule has 0 aliphatic carbocycles. The van der Waals surface area contributed by atoms with E-state index in [9.17, 15) is 0 Å². The minimum Gasteiger partial charge on any atom is -0.485 e. The van der Waals surface area contributed by atoms with E-state index in [4.69, 9.17) is 22.1 Å². The first-order chi connectivity index (χ1) is 10.2. The van der Waals surface area contributed by atoms with Gasteiger partial charge in [-0.15, -0.1) is 0 Å². The number of ether oxygens (including phenoxy) is 1. The Morgan fingerprint density at radius 2 is 2.19 bits per heavy atom. The second-order valence-corrected chi connectivity index (χ2v) is 5.28. The first-order valence-corrected chi connectivity index (χ1v) is 7.55. The number of nitrogens with two attached hydrogens (primary N) is 1. The van der Waals surface area contributed by atoms with Crippen LogP contribution in [0.5, 0.6) is 5.75 Å². The van der Waals surface area contributed by atoms with Gasteiger partial charge in [0.05, 0.1) is 0 Å². The molecule has 2 N–H and O–H groups in total. The SMILES string of the molecule is CCC(N)Cc1c(Cl)cccc1OCc1ncnn1CC. The smallest absolute Gasteiger partial charge is 0.164 e. The summed E-state index contributed by atoms with van der Waals surface area (Å²) in [5, 5.41) is 4.82. The molecule has 114 valence electrons. The van der Waals surface area contributed by atoms with Crippen LogP contribution in [-0.2, 0) is 19.6 Å². The predicted molar refractivity (Wildman–Crippen MR) is 83.5 cm³/mol. The standard InChI is InChI=1S/C15H21ClN4O/c1-3-11(17)8-12-13(16)6-5-7-14(12)21-9-15-18-10-19-20(15)4-2/h5-7,10-11H,3-4,8-9,17H2,1-2H3. The fourth-order valence-electron chi connectivity index (χ4n) is 2.09. The summed E-state index contributed by atoms with van der Waals surface area (Å²) in [6.45, 7) is 5.21. The van der Waals surface area contributed by atoms with Gasteiger partial charge in [-0.1, -0.05) is 24.6 Å². The van der Waals surface area contributed by atoms with Gasteiger partial charge in [-0.2, -0.15) is 5.10 Å². The Kier molecular flexibility index (Phi) is 5.59. The van der Waals surface area contributed by atoms with Gasteiger partial charge in [-0.25, -0.2) is 9.67 Å². The first-order valence-electron chi connectivity index (χ1n) is 7.18. The van der Waals surface area contributed by atoms with Crippen LogP contribution in [0.25, 0.3) is 0 Å². The Balaban J connectivity index is 2.14. The molecule has 1 aromatic heterocycles. The monoisotopic (exact) mass is 308 g/mol. The van der Waals surface area contributed by atoms with Crippen molar-refractivity contribution < 1.29 is 4.74 Å². The van der Waals surface area contributed by atoms with E-state index in [1.165, 1.54) is 6.33 Å². The van der Waals surface area contributed by atoms with E-state index in [1.54, 1.807) is 0 Å². The molecule has 6 heteroatoms. The van der Waals surface area contributed by atoms with Gasteiger partial charge >= 0.3 is 0 Å². The Morgan fingerprint density at radius 1 is 1.38 bits per heavy atom. The molecule has 0 radical (unpaired) electrons. The van der Waals surface area contributed by atoms with Crippen LogP contribution in [-0.4, -0.2) is 20.8 Å². The lowest BCUT2D eigenvalue weighted by Gasteiger charge is -2.15. The molecule has 1 atom stereocenters. The van der Waals surface area contributed by atoms with Crippen LogP contribution in [0.3, 0.4) is 0 Å². The van der Waals surface area contributed by atoms with Crippen LogP contribution in [0.2, 0.25) is 5.02 Å². The van der Waals surface area contributed by atoms with Crippen LogP contribution in [0.4, 0.5) is 0 Å². The topological polar surface area (TPSA) is 66.0 Å². The first kappa shape index (κ1) is 15.8. The lowest BCUT2D eigenvalue weighted by molar-refractivity contribution is 0.284. The molecule has 0 fully saturated rings. The van der Waals surface area contributed by atoms with E-state index in [0.29, 0.717) is 18.1 Å². The van der Waals surface area contributed by atoms with Crippen molar-refractivity contribution in [3.05, 3.63) is 40.9 Å². The van der Waals surface area contributed by atoms with E-state index in [1.807, 2.05) is 29.8 Å². The van der Waals surface area contributed by atoms with Crippen LogP contribution in [0, 0.1) is 0 Å². The summed E-state index contributed by atoms with van der Waals surface area (Å²) in [7, 11) is 0. The summed E-state index contributed by atoms with van der Waals surface area (Å²) in [5.74, 6) is 1.56. The highest BCUT2D eigenvalue weighted by Gasteiger charge is 2.13. The minimum absolute atomic E-state index is 0.0755. The molecule has 1 aromatic carbocycles. The number of aromatic nitrogens is 3. The van der Waals surface area contributed by atoms with Crippen molar-refractivity contribution in [2.75, 3.05) is 0 Å². The van der Waals surface area contributed by atoms with Gasteiger partial charge in [-0.3, -0.25) is 0 Å². The highest BCUT2D eigenvalue weighted by atomic mass is 35.5.